The summed E-state index contributed by atoms with van der Waals surface area (Å²) in [7, 11) is -4.13. The lowest BCUT2D eigenvalue weighted by atomic mass is 9.98. The van der Waals surface area contributed by atoms with Gasteiger partial charge in [-0.05, 0) is 36.5 Å². The zero-order chi connectivity index (χ0) is 17.8. The van der Waals surface area contributed by atoms with Crippen molar-refractivity contribution in [3.05, 3.63) is 29.3 Å². The normalized spacial score (nSPS) is 11.8. The summed E-state index contributed by atoms with van der Waals surface area (Å²) < 4.78 is 32.5. The van der Waals surface area contributed by atoms with Crippen LogP contribution in [0.4, 0.5) is 0 Å². The molecule has 1 rings (SSSR count). The first-order valence-corrected chi connectivity index (χ1v) is 11.0. The Hall–Kier alpha value is -0.870. The topological polar surface area (TPSA) is 54.4 Å². The van der Waals surface area contributed by atoms with Gasteiger partial charge in [-0.3, -0.25) is 4.55 Å². The molecule has 0 unspecified atom stereocenters. The Morgan fingerprint density at radius 1 is 0.833 bits per heavy atom. The van der Waals surface area contributed by atoms with Gasteiger partial charge >= 0.3 is 0 Å². The molecule has 0 radical (unpaired) electrons. The van der Waals surface area contributed by atoms with Crippen LogP contribution >= 0.6 is 0 Å². The molecule has 0 saturated carbocycles. The monoisotopic (exact) mass is 354 g/mol. The van der Waals surface area contributed by atoms with Crippen molar-refractivity contribution in [2.24, 2.45) is 0 Å². The van der Waals surface area contributed by atoms with E-state index in [0.717, 1.165) is 36.8 Å². The van der Waals surface area contributed by atoms with Crippen LogP contribution in [-0.2, 0) is 23.0 Å². The average Bonchev–Trinajstić information content (AvgIpc) is 2.55. The van der Waals surface area contributed by atoms with Gasteiger partial charge in [0, 0.05) is 0 Å². The Balaban J connectivity index is 2.35. The van der Waals surface area contributed by atoms with E-state index in [4.69, 9.17) is 0 Å². The number of benzene rings is 1. The molecule has 0 fully saturated rings. The third-order valence-corrected chi connectivity index (χ3v) is 5.61. The molecule has 0 aromatic heterocycles. The molecule has 0 aliphatic heterocycles. The second kappa shape index (κ2) is 11.6. The van der Waals surface area contributed by atoms with Gasteiger partial charge in [0.15, 0.2) is 0 Å². The lowest BCUT2D eigenvalue weighted by Gasteiger charge is -2.12. The minimum absolute atomic E-state index is 0.0952. The maximum absolute atomic E-state index is 11.6. The summed E-state index contributed by atoms with van der Waals surface area (Å²) in [6.07, 6.45) is 14.1. The highest BCUT2D eigenvalue weighted by molar-refractivity contribution is 7.85. The van der Waals surface area contributed by atoms with Crippen molar-refractivity contribution in [1.29, 1.82) is 0 Å². The molecule has 138 valence electrons. The molecular formula is C20H34O3S. The second-order valence-electron chi connectivity index (χ2n) is 6.65. The standard InChI is InChI=1S/C20H34O3S/c1-3-5-6-7-8-9-10-11-12-13-16-19-18(4-2)15-14-17-20(19)24(21,22)23/h14-15,17H,3-13,16H2,1-2H3,(H,21,22,23). The van der Waals surface area contributed by atoms with Gasteiger partial charge in [0.25, 0.3) is 10.1 Å². The summed E-state index contributed by atoms with van der Waals surface area (Å²) in [6.45, 7) is 4.26. The van der Waals surface area contributed by atoms with Gasteiger partial charge in [0.05, 0.1) is 4.90 Å². The molecule has 0 spiro atoms. The first kappa shape index (κ1) is 21.2. The van der Waals surface area contributed by atoms with E-state index in [1.54, 1.807) is 6.07 Å². The van der Waals surface area contributed by atoms with Crippen molar-refractivity contribution in [1.82, 2.24) is 0 Å². The van der Waals surface area contributed by atoms with Gasteiger partial charge in [0.2, 0.25) is 0 Å². The highest BCUT2D eigenvalue weighted by Gasteiger charge is 2.17. The predicted molar refractivity (Wildman–Crippen MR) is 101 cm³/mol. The summed E-state index contributed by atoms with van der Waals surface area (Å²) in [4.78, 5) is 0.0952. The van der Waals surface area contributed by atoms with Crippen LogP contribution in [0.1, 0.15) is 89.2 Å². The van der Waals surface area contributed by atoms with Gasteiger partial charge in [-0.2, -0.15) is 8.42 Å². The van der Waals surface area contributed by atoms with Crippen LogP contribution in [0.15, 0.2) is 23.1 Å². The maximum atomic E-state index is 11.6. The molecule has 4 heteroatoms. The minimum Gasteiger partial charge on any atom is -0.282 e. The van der Waals surface area contributed by atoms with E-state index in [0.29, 0.717) is 0 Å². The minimum atomic E-state index is -4.13. The summed E-state index contributed by atoms with van der Waals surface area (Å²) in [6, 6.07) is 5.18. The Bertz CT molecular complexity index is 564. The third kappa shape index (κ3) is 7.80. The number of rotatable bonds is 13. The molecule has 0 amide bonds. The molecule has 0 aliphatic rings. The van der Waals surface area contributed by atoms with Crippen molar-refractivity contribution in [3.63, 3.8) is 0 Å². The van der Waals surface area contributed by atoms with Crippen LogP contribution in [0.2, 0.25) is 0 Å². The SMILES string of the molecule is CCCCCCCCCCCCc1c(CC)cccc1S(=O)(=O)O. The van der Waals surface area contributed by atoms with Crippen LogP contribution in [0.5, 0.6) is 0 Å². The van der Waals surface area contributed by atoms with Gasteiger partial charge < -0.3 is 0 Å². The fourth-order valence-corrected chi connectivity index (χ4v) is 4.05. The van der Waals surface area contributed by atoms with Crippen LogP contribution < -0.4 is 0 Å². The molecule has 1 aromatic rings. The Morgan fingerprint density at radius 3 is 1.88 bits per heavy atom. The average molecular weight is 355 g/mol. The molecule has 24 heavy (non-hydrogen) atoms. The Kier molecular flexibility index (Phi) is 10.3. The van der Waals surface area contributed by atoms with Crippen molar-refractivity contribution in [2.45, 2.75) is 95.8 Å². The molecule has 1 N–H and O–H groups in total. The molecule has 0 aliphatic carbocycles. The highest BCUT2D eigenvalue weighted by atomic mass is 32.2. The summed E-state index contributed by atoms with van der Waals surface area (Å²) in [5.41, 5.74) is 1.84. The maximum Gasteiger partial charge on any atom is 0.294 e. The Labute approximate surface area is 148 Å². The van der Waals surface area contributed by atoms with Crippen LogP contribution in [0.3, 0.4) is 0 Å². The smallest absolute Gasteiger partial charge is 0.282 e. The van der Waals surface area contributed by atoms with Gasteiger partial charge in [-0.1, -0.05) is 83.8 Å². The van der Waals surface area contributed by atoms with E-state index >= 15 is 0 Å². The van der Waals surface area contributed by atoms with Crippen molar-refractivity contribution in [2.75, 3.05) is 0 Å². The predicted octanol–water partition coefficient (Wildman–Crippen LogP) is 5.96. The van der Waals surface area contributed by atoms with Gasteiger partial charge in [-0.25, -0.2) is 0 Å². The van der Waals surface area contributed by atoms with E-state index in [9.17, 15) is 13.0 Å². The fraction of sp³-hybridized carbons (Fsp3) is 0.700. The lowest BCUT2D eigenvalue weighted by molar-refractivity contribution is 0.481. The molecule has 1 aromatic carbocycles. The first-order chi connectivity index (χ1) is 11.5. The summed E-state index contributed by atoms with van der Waals surface area (Å²) in [5.74, 6) is 0. The van der Waals surface area contributed by atoms with E-state index < -0.39 is 10.1 Å². The van der Waals surface area contributed by atoms with E-state index in [2.05, 4.69) is 6.92 Å². The molecule has 3 nitrogen and oxygen atoms in total. The molecule has 0 bridgehead atoms. The molecule has 0 atom stereocenters. The lowest BCUT2D eigenvalue weighted by Crippen LogP contribution is -2.06. The van der Waals surface area contributed by atoms with Crippen LogP contribution in [0.25, 0.3) is 0 Å². The van der Waals surface area contributed by atoms with Crippen molar-refractivity contribution >= 4 is 10.1 Å². The largest absolute Gasteiger partial charge is 0.294 e. The summed E-state index contributed by atoms with van der Waals surface area (Å²) in [5, 5.41) is 0. The first-order valence-electron chi connectivity index (χ1n) is 9.59. The number of aryl methyl sites for hydroxylation is 1. The van der Waals surface area contributed by atoms with Crippen molar-refractivity contribution in [3.8, 4) is 0 Å². The molecular weight excluding hydrogens is 320 g/mol. The zero-order valence-electron chi connectivity index (χ0n) is 15.4. The number of hydrogen-bond acceptors (Lipinski definition) is 2. The molecule has 0 saturated heterocycles. The van der Waals surface area contributed by atoms with Gasteiger partial charge in [0.1, 0.15) is 0 Å². The van der Waals surface area contributed by atoms with Gasteiger partial charge in [-0.15, -0.1) is 0 Å². The van der Waals surface area contributed by atoms with E-state index in [1.165, 1.54) is 57.4 Å². The van der Waals surface area contributed by atoms with E-state index in [-0.39, 0.29) is 4.90 Å². The zero-order valence-corrected chi connectivity index (χ0v) is 16.2. The number of unbranched alkanes of at least 4 members (excludes halogenated alkanes) is 9. The fourth-order valence-electron chi connectivity index (χ4n) is 3.26. The third-order valence-electron chi connectivity index (χ3n) is 4.67. The quantitative estimate of drug-likeness (QED) is 0.351. The molecule has 0 heterocycles. The van der Waals surface area contributed by atoms with Crippen LogP contribution in [0, 0.1) is 0 Å². The Morgan fingerprint density at radius 2 is 1.38 bits per heavy atom. The van der Waals surface area contributed by atoms with E-state index in [1.807, 2.05) is 13.0 Å². The number of hydrogen-bond donors (Lipinski definition) is 1. The highest BCUT2D eigenvalue weighted by Crippen LogP contribution is 2.23. The van der Waals surface area contributed by atoms with Crippen molar-refractivity contribution < 1.29 is 13.0 Å². The summed E-state index contributed by atoms with van der Waals surface area (Å²) >= 11 is 0. The second-order valence-corrected chi connectivity index (χ2v) is 8.04. The van der Waals surface area contributed by atoms with Crippen LogP contribution in [-0.4, -0.2) is 13.0 Å².